The van der Waals surface area contributed by atoms with Crippen LogP contribution in [0, 0.1) is 5.92 Å². The second-order valence-electron chi connectivity index (χ2n) is 4.90. The summed E-state index contributed by atoms with van der Waals surface area (Å²) in [7, 11) is 0. The van der Waals surface area contributed by atoms with E-state index in [2.05, 4.69) is 17.1 Å². The van der Waals surface area contributed by atoms with E-state index < -0.39 is 0 Å². The summed E-state index contributed by atoms with van der Waals surface area (Å²) < 4.78 is 0. The lowest BCUT2D eigenvalue weighted by Gasteiger charge is -2.35. The van der Waals surface area contributed by atoms with Gasteiger partial charge in [0.15, 0.2) is 0 Å². The summed E-state index contributed by atoms with van der Waals surface area (Å²) in [6.07, 6.45) is 2.37. The highest BCUT2D eigenvalue weighted by Crippen LogP contribution is 2.18. The van der Waals surface area contributed by atoms with Gasteiger partial charge < -0.3 is 15.3 Å². The van der Waals surface area contributed by atoms with Crippen LogP contribution in [0.5, 0.6) is 0 Å². The van der Waals surface area contributed by atoms with Crippen molar-refractivity contribution in [2.75, 3.05) is 19.6 Å². The summed E-state index contributed by atoms with van der Waals surface area (Å²) in [4.78, 5) is 13.4. The van der Waals surface area contributed by atoms with Crippen LogP contribution in [0.15, 0.2) is 0 Å². The minimum Gasteiger partial charge on any atom is -0.393 e. The SMILES string of the molecule is CC1CN(CC2CCC(=O)N2)CCC1O. The molecule has 1 amide bonds. The molecule has 0 aliphatic carbocycles. The Hall–Kier alpha value is -0.610. The molecule has 2 fully saturated rings. The van der Waals surface area contributed by atoms with Gasteiger partial charge in [-0.1, -0.05) is 6.92 Å². The van der Waals surface area contributed by atoms with Gasteiger partial charge in [0.2, 0.25) is 5.91 Å². The molecule has 15 heavy (non-hydrogen) atoms. The Balaban J connectivity index is 1.78. The Labute approximate surface area is 90.6 Å². The molecule has 0 aromatic carbocycles. The molecule has 3 atom stereocenters. The van der Waals surface area contributed by atoms with E-state index in [1.165, 1.54) is 0 Å². The van der Waals surface area contributed by atoms with Crippen LogP contribution in [-0.2, 0) is 4.79 Å². The third kappa shape index (κ3) is 2.69. The second kappa shape index (κ2) is 4.49. The smallest absolute Gasteiger partial charge is 0.220 e. The highest BCUT2D eigenvalue weighted by molar-refractivity contribution is 5.78. The molecule has 2 rings (SSSR count). The molecule has 2 heterocycles. The number of nitrogens with one attached hydrogen (secondary N) is 1. The van der Waals surface area contributed by atoms with Crippen molar-refractivity contribution in [2.24, 2.45) is 5.92 Å². The Bertz CT molecular complexity index is 245. The van der Waals surface area contributed by atoms with Gasteiger partial charge in [-0.2, -0.15) is 0 Å². The van der Waals surface area contributed by atoms with Crippen LogP contribution in [0.2, 0.25) is 0 Å². The van der Waals surface area contributed by atoms with Crippen molar-refractivity contribution in [1.82, 2.24) is 10.2 Å². The summed E-state index contributed by atoms with van der Waals surface area (Å²) >= 11 is 0. The van der Waals surface area contributed by atoms with E-state index in [-0.39, 0.29) is 12.0 Å². The fraction of sp³-hybridized carbons (Fsp3) is 0.909. The largest absolute Gasteiger partial charge is 0.393 e. The number of hydrogen-bond donors (Lipinski definition) is 2. The number of aliphatic hydroxyl groups is 1. The number of nitrogens with zero attached hydrogens (tertiary/aromatic N) is 1. The van der Waals surface area contributed by atoms with Crippen LogP contribution in [0.1, 0.15) is 26.2 Å². The molecule has 2 saturated heterocycles. The van der Waals surface area contributed by atoms with Gasteiger partial charge in [0.25, 0.3) is 0 Å². The van der Waals surface area contributed by atoms with Gasteiger partial charge in [-0.3, -0.25) is 4.79 Å². The highest BCUT2D eigenvalue weighted by Gasteiger charge is 2.28. The van der Waals surface area contributed by atoms with Gasteiger partial charge >= 0.3 is 0 Å². The van der Waals surface area contributed by atoms with E-state index in [4.69, 9.17) is 0 Å². The average Bonchev–Trinajstić information content (AvgIpc) is 2.58. The van der Waals surface area contributed by atoms with Gasteiger partial charge in [-0.05, 0) is 18.8 Å². The normalized spacial score (nSPS) is 38.0. The monoisotopic (exact) mass is 212 g/mol. The molecule has 2 aliphatic heterocycles. The first-order valence-corrected chi connectivity index (χ1v) is 5.85. The van der Waals surface area contributed by atoms with E-state index in [9.17, 15) is 9.90 Å². The molecule has 0 saturated carbocycles. The number of likely N-dealkylation sites (tertiary alicyclic amines) is 1. The molecule has 3 unspecified atom stereocenters. The van der Waals surface area contributed by atoms with Crippen molar-refractivity contribution in [1.29, 1.82) is 0 Å². The standard InChI is InChI=1S/C11H20N2O2/c1-8-6-13(5-4-10(8)14)7-9-2-3-11(15)12-9/h8-10,14H,2-7H2,1H3,(H,12,15). The highest BCUT2D eigenvalue weighted by atomic mass is 16.3. The zero-order chi connectivity index (χ0) is 10.8. The summed E-state index contributed by atoms with van der Waals surface area (Å²) in [6.45, 7) is 4.94. The molecule has 2 aliphatic rings. The predicted molar refractivity (Wildman–Crippen MR) is 57.4 cm³/mol. The molecule has 86 valence electrons. The quantitative estimate of drug-likeness (QED) is 0.676. The molecule has 0 radical (unpaired) electrons. The zero-order valence-corrected chi connectivity index (χ0v) is 9.28. The van der Waals surface area contributed by atoms with E-state index in [0.717, 1.165) is 32.5 Å². The van der Waals surface area contributed by atoms with Crippen molar-refractivity contribution < 1.29 is 9.90 Å². The fourth-order valence-electron chi connectivity index (χ4n) is 2.51. The van der Waals surface area contributed by atoms with Gasteiger partial charge in [0, 0.05) is 32.1 Å². The minimum absolute atomic E-state index is 0.139. The third-order valence-electron chi connectivity index (χ3n) is 3.51. The Morgan fingerprint density at radius 1 is 1.53 bits per heavy atom. The lowest BCUT2D eigenvalue weighted by Crippen LogP contribution is -2.47. The van der Waals surface area contributed by atoms with Crippen LogP contribution in [0.25, 0.3) is 0 Å². The molecule has 4 heteroatoms. The Kier molecular flexibility index (Phi) is 3.26. The number of carbonyl (C=O) groups is 1. The van der Waals surface area contributed by atoms with Crippen molar-refractivity contribution in [3.63, 3.8) is 0 Å². The number of carbonyl (C=O) groups excluding carboxylic acids is 1. The maximum Gasteiger partial charge on any atom is 0.220 e. The Morgan fingerprint density at radius 2 is 2.33 bits per heavy atom. The van der Waals surface area contributed by atoms with Gasteiger partial charge in [0.1, 0.15) is 0 Å². The fourth-order valence-corrected chi connectivity index (χ4v) is 2.51. The maximum atomic E-state index is 11.0. The van der Waals surface area contributed by atoms with Crippen LogP contribution >= 0.6 is 0 Å². The van der Waals surface area contributed by atoms with Gasteiger partial charge in [-0.25, -0.2) is 0 Å². The Morgan fingerprint density at radius 3 is 2.93 bits per heavy atom. The molecule has 2 N–H and O–H groups in total. The van der Waals surface area contributed by atoms with E-state index in [1.807, 2.05) is 0 Å². The number of aliphatic hydroxyl groups excluding tert-OH is 1. The predicted octanol–water partition coefficient (Wildman–Crippen LogP) is -0.0323. The lowest BCUT2D eigenvalue weighted by molar-refractivity contribution is -0.119. The summed E-state index contributed by atoms with van der Waals surface area (Å²) in [5.74, 6) is 0.543. The van der Waals surface area contributed by atoms with E-state index in [1.54, 1.807) is 0 Å². The van der Waals surface area contributed by atoms with E-state index >= 15 is 0 Å². The summed E-state index contributed by atoms with van der Waals surface area (Å²) in [5.41, 5.74) is 0. The second-order valence-corrected chi connectivity index (χ2v) is 4.90. The molecule has 0 aromatic rings. The maximum absolute atomic E-state index is 11.0. The molecular weight excluding hydrogens is 192 g/mol. The van der Waals surface area contributed by atoms with Gasteiger partial charge in [0.05, 0.1) is 6.10 Å². The zero-order valence-electron chi connectivity index (χ0n) is 9.28. The molecule has 4 nitrogen and oxygen atoms in total. The number of hydrogen-bond acceptors (Lipinski definition) is 3. The number of piperidine rings is 1. The summed E-state index contributed by atoms with van der Waals surface area (Å²) in [6, 6.07) is 0.333. The summed E-state index contributed by atoms with van der Waals surface area (Å²) in [5, 5.41) is 12.6. The van der Waals surface area contributed by atoms with Crippen molar-refractivity contribution in [2.45, 2.75) is 38.3 Å². The first-order chi connectivity index (χ1) is 7.15. The molecular formula is C11H20N2O2. The lowest BCUT2D eigenvalue weighted by atomic mass is 9.96. The van der Waals surface area contributed by atoms with Gasteiger partial charge in [-0.15, -0.1) is 0 Å². The average molecular weight is 212 g/mol. The van der Waals surface area contributed by atoms with E-state index in [0.29, 0.717) is 18.4 Å². The van der Waals surface area contributed by atoms with Crippen LogP contribution < -0.4 is 5.32 Å². The number of rotatable bonds is 2. The first kappa shape index (κ1) is 10.9. The van der Waals surface area contributed by atoms with Crippen LogP contribution in [0.3, 0.4) is 0 Å². The van der Waals surface area contributed by atoms with Crippen molar-refractivity contribution >= 4 is 5.91 Å². The van der Waals surface area contributed by atoms with Crippen molar-refractivity contribution in [3.8, 4) is 0 Å². The molecule has 0 spiro atoms. The third-order valence-corrected chi connectivity index (χ3v) is 3.51. The first-order valence-electron chi connectivity index (χ1n) is 5.85. The van der Waals surface area contributed by atoms with Crippen LogP contribution in [-0.4, -0.2) is 47.7 Å². The number of amides is 1. The van der Waals surface area contributed by atoms with Crippen molar-refractivity contribution in [3.05, 3.63) is 0 Å². The minimum atomic E-state index is -0.139. The molecule has 0 aromatic heterocycles. The topological polar surface area (TPSA) is 52.6 Å². The van der Waals surface area contributed by atoms with Crippen LogP contribution in [0.4, 0.5) is 0 Å². The molecule has 0 bridgehead atoms.